The second kappa shape index (κ2) is 10.4. The molecule has 148 valence electrons. The van der Waals surface area contributed by atoms with E-state index in [9.17, 15) is 14.4 Å². The van der Waals surface area contributed by atoms with Crippen molar-refractivity contribution in [3.8, 4) is 11.5 Å². The van der Waals surface area contributed by atoms with E-state index in [0.717, 1.165) is 12.8 Å². The van der Waals surface area contributed by atoms with Crippen molar-refractivity contribution in [1.82, 2.24) is 10.6 Å². The second-order valence-electron chi connectivity index (χ2n) is 5.88. The van der Waals surface area contributed by atoms with Crippen molar-refractivity contribution in [2.45, 2.75) is 18.9 Å². The van der Waals surface area contributed by atoms with Crippen molar-refractivity contribution in [3.63, 3.8) is 0 Å². The van der Waals surface area contributed by atoms with Crippen molar-refractivity contribution in [3.05, 3.63) is 23.8 Å². The molecule has 0 aromatic heterocycles. The van der Waals surface area contributed by atoms with Gasteiger partial charge in [0.05, 0.1) is 20.3 Å². The van der Waals surface area contributed by atoms with E-state index in [2.05, 4.69) is 10.6 Å². The van der Waals surface area contributed by atoms with E-state index in [1.165, 1.54) is 26.4 Å². The zero-order valence-corrected chi connectivity index (χ0v) is 15.4. The Labute approximate surface area is 157 Å². The van der Waals surface area contributed by atoms with Crippen molar-refractivity contribution in [1.29, 1.82) is 0 Å². The van der Waals surface area contributed by atoms with E-state index in [4.69, 9.17) is 18.9 Å². The number of ether oxygens (including phenoxy) is 4. The molecule has 27 heavy (non-hydrogen) atoms. The molecule has 9 nitrogen and oxygen atoms in total. The average molecular weight is 380 g/mol. The summed E-state index contributed by atoms with van der Waals surface area (Å²) in [5, 5.41) is 5.07. The van der Waals surface area contributed by atoms with Crippen LogP contribution in [0.15, 0.2) is 18.2 Å². The number of hydrogen-bond acceptors (Lipinski definition) is 7. The predicted molar refractivity (Wildman–Crippen MR) is 94.8 cm³/mol. The molecule has 2 amide bonds. The van der Waals surface area contributed by atoms with Gasteiger partial charge >= 0.3 is 5.97 Å². The molecule has 1 atom stereocenters. The maximum absolute atomic E-state index is 12.1. The lowest BCUT2D eigenvalue weighted by Crippen LogP contribution is -2.36. The summed E-state index contributed by atoms with van der Waals surface area (Å²) in [5.41, 5.74) is 0.272. The highest BCUT2D eigenvalue weighted by Gasteiger charge is 2.17. The first-order valence-corrected chi connectivity index (χ1v) is 8.57. The van der Waals surface area contributed by atoms with Crippen molar-refractivity contribution < 1.29 is 33.3 Å². The number of carbonyl (C=O) groups excluding carboxylic acids is 3. The number of rotatable bonds is 9. The van der Waals surface area contributed by atoms with E-state index in [1.807, 2.05) is 0 Å². The molecule has 1 aliphatic heterocycles. The van der Waals surface area contributed by atoms with Crippen LogP contribution >= 0.6 is 0 Å². The van der Waals surface area contributed by atoms with Crippen molar-refractivity contribution in [2.75, 3.05) is 40.5 Å². The van der Waals surface area contributed by atoms with Crippen LogP contribution in [-0.4, -0.2) is 64.4 Å². The van der Waals surface area contributed by atoms with E-state index in [0.29, 0.717) is 24.7 Å². The van der Waals surface area contributed by atoms with Gasteiger partial charge in [0.25, 0.3) is 11.8 Å². The Bertz CT molecular complexity index is 649. The summed E-state index contributed by atoms with van der Waals surface area (Å²) in [6.45, 7) is 0.324. The molecule has 2 N–H and O–H groups in total. The molecule has 1 aliphatic rings. The highest BCUT2D eigenvalue weighted by atomic mass is 16.5. The summed E-state index contributed by atoms with van der Waals surface area (Å²) in [5.74, 6) is -0.727. The van der Waals surface area contributed by atoms with Crippen LogP contribution in [0.2, 0.25) is 0 Å². The third-order valence-corrected chi connectivity index (χ3v) is 3.92. The fourth-order valence-corrected chi connectivity index (χ4v) is 2.47. The van der Waals surface area contributed by atoms with Gasteiger partial charge in [0.2, 0.25) is 0 Å². The van der Waals surface area contributed by atoms with Gasteiger partial charge in [-0.15, -0.1) is 0 Å². The van der Waals surface area contributed by atoms with Gasteiger partial charge in [-0.05, 0) is 25.0 Å². The van der Waals surface area contributed by atoms with E-state index >= 15 is 0 Å². The van der Waals surface area contributed by atoms with Crippen LogP contribution in [0.4, 0.5) is 0 Å². The second-order valence-corrected chi connectivity index (χ2v) is 5.88. The van der Waals surface area contributed by atoms with Gasteiger partial charge in [0, 0.05) is 24.8 Å². The smallest absolute Gasteiger partial charge is 0.325 e. The molecule has 1 aromatic rings. The van der Waals surface area contributed by atoms with Crippen LogP contribution in [0.1, 0.15) is 23.2 Å². The molecule has 0 bridgehead atoms. The molecule has 9 heteroatoms. The molecule has 1 fully saturated rings. The van der Waals surface area contributed by atoms with Crippen LogP contribution in [0.3, 0.4) is 0 Å². The minimum atomic E-state index is -0.717. The summed E-state index contributed by atoms with van der Waals surface area (Å²) in [7, 11) is 2.94. The van der Waals surface area contributed by atoms with Gasteiger partial charge in [0.15, 0.2) is 6.61 Å². The maximum atomic E-state index is 12.1. The molecule has 0 aliphatic carbocycles. The Balaban J connectivity index is 1.71. The third-order valence-electron chi connectivity index (χ3n) is 3.92. The first-order chi connectivity index (χ1) is 13.0. The highest BCUT2D eigenvalue weighted by Crippen LogP contribution is 2.22. The van der Waals surface area contributed by atoms with Crippen molar-refractivity contribution >= 4 is 17.8 Å². The largest absolute Gasteiger partial charge is 0.497 e. The lowest BCUT2D eigenvalue weighted by molar-refractivity contribution is -0.147. The number of benzene rings is 1. The SMILES string of the molecule is COc1cc(OC)cc(C(=O)NCC(=O)OCC(=O)NC[C@H]2CCCO2)c1. The molecule has 1 aromatic carbocycles. The summed E-state index contributed by atoms with van der Waals surface area (Å²) < 4.78 is 20.4. The van der Waals surface area contributed by atoms with E-state index in [1.54, 1.807) is 6.07 Å². The van der Waals surface area contributed by atoms with Gasteiger partial charge < -0.3 is 29.6 Å². The number of esters is 1. The molecule has 1 saturated heterocycles. The first-order valence-electron chi connectivity index (χ1n) is 8.57. The highest BCUT2D eigenvalue weighted by molar-refractivity contribution is 5.96. The summed E-state index contributed by atoms with van der Waals surface area (Å²) in [4.78, 5) is 35.5. The lowest BCUT2D eigenvalue weighted by Gasteiger charge is -2.11. The Morgan fingerprint density at radius 3 is 2.41 bits per heavy atom. The fourth-order valence-electron chi connectivity index (χ4n) is 2.47. The van der Waals surface area contributed by atoms with Crippen LogP contribution < -0.4 is 20.1 Å². The van der Waals surface area contributed by atoms with Crippen LogP contribution in [0.25, 0.3) is 0 Å². The van der Waals surface area contributed by atoms with E-state index < -0.39 is 24.4 Å². The standard InChI is InChI=1S/C18H24N2O7/c1-24-14-6-12(7-15(8-14)25-2)18(23)20-10-17(22)27-11-16(21)19-9-13-4-3-5-26-13/h6-8,13H,3-5,9-11H2,1-2H3,(H,19,21)(H,20,23)/t13-/m1/s1. The summed E-state index contributed by atoms with van der Waals surface area (Å²) >= 11 is 0. The molecule has 1 heterocycles. The maximum Gasteiger partial charge on any atom is 0.325 e. The van der Waals surface area contributed by atoms with Crippen LogP contribution in [0, 0.1) is 0 Å². The molecule has 0 saturated carbocycles. The number of methoxy groups -OCH3 is 2. The van der Waals surface area contributed by atoms with Gasteiger partial charge in [-0.3, -0.25) is 14.4 Å². The van der Waals surface area contributed by atoms with Gasteiger partial charge in [0.1, 0.15) is 18.0 Å². The van der Waals surface area contributed by atoms with Crippen molar-refractivity contribution in [2.24, 2.45) is 0 Å². The minimum absolute atomic E-state index is 0.0174. The quantitative estimate of drug-likeness (QED) is 0.592. The molecule has 2 rings (SSSR count). The number of hydrogen-bond donors (Lipinski definition) is 2. The molecular weight excluding hydrogens is 356 g/mol. The van der Waals surface area contributed by atoms with Crippen LogP contribution in [-0.2, 0) is 19.1 Å². The number of amides is 2. The number of nitrogens with one attached hydrogen (secondary N) is 2. The normalized spacial score (nSPS) is 15.7. The molecule has 0 spiro atoms. The van der Waals surface area contributed by atoms with Gasteiger partial charge in [-0.2, -0.15) is 0 Å². The third kappa shape index (κ3) is 6.78. The average Bonchev–Trinajstić information content (AvgIpc) is 3.21. The first kappa shape index (κ1) is 20.5. The summed E-state index contributed by atoms with van der Waals surface area (Å²) in [6, 6.07) is 4.66. The Morgan fingerprint density at radius 1 is 1.11 bits per heavy atom. The Kier molecular flexibility index (Phi) is 7.87. The minimum Gasteiger partial charge on any atom is -0.497 e. The fraction of sp³-hybridized carbons (Fsp3) is 0.500. The van der Waals surface area contributed by atoms with E-state index in [-0.39, 0.29) is 18.2 Å². The zero-order chi connectivity index (χ0) is 19.6. The zero-order valence-electron chi connectivity index (χ0n) is 15.4. The molecular formula is C18H24N2O7. The number of carbonyl (C=O) groups is 3. The lowest BCUT2D eigenvalue weighted by atomic mass is 10.2. The topological polar surface area (TPSA) is 112 Å². The Hall–Kier alpha value is -2.81. The van der Waals surface area contributed by atoms with Gasteiger partial charge in [-0.1, -0.05) is 0 Å². The molecule has 0 radical (unpaired) electrons. The molecule has 0 unspecified atom stereocenters. The predicted octanol–water partition coefficient (Wildman–Crippen LogP) is 0.272. The van der Waals surface area contributed by atoms with Gasteiger partial charge in [-0.25, -0.2) is 0 Å². The van der Waals surface area contributed by atoms with Crippen LogP contribution in [0.5, 0.6) is 11.5 Å². The Morgan fingerprint density at radius 2 is 1.81 bits per heavy atom. The monoisotopic (exact) mass is 380 g/mol. The summed E-state index contributed by atoms with van der Waals surface area (Å²) in [6.07, 6.45) is 1.90.